The molecule has 2 atom stereocenters. The number of piperazine rings is 1. The Morgan fingerprint density at radius 2 is 2.39 bits per heavy atom. The number of hydrogen-bond donors (Lipinski definition) is 1. The van der Waals surface area contributed by atoms with Gasteiger partial charge in [0.05, 0.1) is 5.51 Å². The Kier molecular flexibility index (Phi) is 3.97. The summed E-state index contributed by atoms with van der Waals surface area (Å²) < 4.78 is 0. The molecule has 1 aliphatic carbocycles. The molecule has 2 heterocycles. The van der Waals surface area contributed by atoms with Crippen molar-refractivity contribution in [3.63, 3.8) is 0 Å². The van der Waals surface area contributed by atoms with E-state index in [0.717, 1.165) is 18.5 Å². The van der Waals surface area contributed by atoms with Crippen LogP contribution < -0.4 is 5.32 Å². The van der Waals surface area contributed by atoms with Crippen LogP contribution in [-0.4, -0.2) is 35.1 Å². The highest BCUT2D eigenvalue weighted by Crippen LogP contribution is 2.35. The third kappa shape index (κ3) is 2.92. The number of nitrogens with one attached hydrogen (secondary N) is 1. The summed E-state index contributed by atoms with van der Waals surface area (Å²) >= 11 is 1.79. The fourth-order valence-electron chi connectivity index (χ4n) is 3.03. The molecule has 2 fully saturated rings. The van der Waals surface area contributed by atoms with Crippen LogP contribution in [0.15, 0.2) is 11.7 Å². The first-order chi connectivity index (χ1) is 8.86. The zero-order chi connectivity index (χ0) is 12.4. The largest absolute Gasteiger partial charge is 0.311 e. The fourth-order valence-corrected chi connectivity index (χ4v) is 3.65. The first-order valence-electron chi connectivity index (χ1n) is 7.21. The quantitative estimate of drug-likeness (QED) is 0.886. The van der Waals surface area contributed by atoms with Crippen LogP contribution in [0.25, 0.3) is 0 Å². The van der Waals surface area contributed by atoms with E-state index in [1.807, 2.05) is 11.7 Å². The van der Waals surface area contributed by atoms with Crippen molar-refractivity contribution in [3.05, 3.63) is 16.6 Å². The average molecular weight is 265 g/mol. The summed E-state index contributed by atoms with van der Waals surface area (Å²) in [6.45, 7) is 5.79. The number of nitrogens with zero attached hydrogens (tertiary/aromatic N) is 2. The van der Waals surface area contributed by atoms with Crippen LogP contribution in [0.4, 0.5) is 0 Å². The molecular weight excluding hydrogens is 242 g/mol. The SMILES string of the molecule is CCCC1CNC(C2CC2)CN1Cc1cncs1. The highest BCUT2D eigenvalue weighted by molar-refractivity contribution is 7.09. The predicted octanol–water partition coefficient (Wildman–Crippen LogP) is 2.50. The Bertz CT molecular complexity index is 361. The molecule has 0 radical (unpaired) electrons. The van der Waals surface area contributed by atoms with Crippen LogP contribution in [0.5, 0.6) is 0 Å². The minimum Gasteiger partial charge on any atom is -0.311 e. The molecule has 4 heteroatoms. The number of thiazole rings is 1. The molecule has 3 rings (SSSR count). The highest BCUT2D eigenvalue weighted by atomic mass is 32.1. The third-order valence-corrected chi connectivity index (χ3v) is 4.98. The van der Waals surface area contributed by atoms with Crippen molar-refractivity contribution in [1.82, 2.24) is 15.2 Å². The zero-order valence-corrected chi connectivity index (χ0v) is 12.0. The van der Waals surface area contributed by atoms with Crippen molar-refractivity contribution in [2.45, 2.75) is 51.2 Å². The van der Waals surface area contributed by atoms with Gasteiger partial charge in [-0.15, -0.1) is 11.3 Å². The molecule has 2 unspecified atom stereocenters. The zero-order valence-electron chi connectivity index (χ0n) is 11.1. The van der Waals surface area contributed by atoms with Gasteiger partial charge >= 0.3 is 0 Å². The van der Waals surface area contributed by atoms with E-state index in [2.05, 4.69) is 22.1 Å². The van der Waals surface area contributed by atoms with Gasteiger partial charge in [-0.25, -0.2) is 0 Å². The van der Waals surface area contributed by atoms with E-state index in [9.17, 15) is 0 Å². The van der Waals surface area contributed by atoms with Gasteiger partial charge in [0.2, 0.25) is 0 Å². The minimum absolute atomic E-state index is 0.715. The van der Waals surface area contributed by atoms with Gasteiger partial charge in [0.25, 0.3) is 0 Å². The Morgan fingerprint density at radius 1 is 1.50 bits per heavy atom. The highest BCUT2D eigenvalue weighted by Gasteiger charge is 2.36. The summed E-state index contributed by atoms with van der Waals surface area (Å²) in [5.41, 5.74) is 1.95. The van der Waals surface area contributed by atoms with E-state index in [4.69, 9.17) is 0 Å². The second kappa shape index (κ2) is 5.68. The van der Waals surface area contributed by atoms with Crippen LogP contribution in [0.3, 0.4) is 0 Å². The Balaban J connectivity index is 1.64. The first kappa shape index (κ1) is 12.6. The van der Waals surface area contributed by atoms with Gasteiger partial charge < -0.3 is 5.32 Å². The Labute approximate surface area is 114 Å². The van der Waals surface area contributed by atoms with Crippen LogP contribution in [0, 0.1) is 5.92 Å². The van der Waals surface area contributed by atoms with E-state index < -0.39 is 0 Å². The predicted molar refractivity (Wildman–Crippen MR) is 75.7 cm³/mol. The van der Waals surface area contributed by atoms with Crippen molar-refractivity contribution in [3.8, 4) is 0 Å². The molecule has 1 aromatic rings. The van der Waals surface area contributed by atoms with Crippen molar-refractivity contribution >= 4 is 11.3 Å². The van der Waals surface area contributed by atoms with Gasteiger partial charge in [-0.2, -0.15) is 0 Å². The smallest absolute Gasteiger partial charge is 0.0794 e. The van der Waals surface area contributed by atoms with Gasteiger partial charge in [-0.05, 0) is 25.2 Å². The molecule has 1 N–H and O–H groups in total. The molecule has 1 aromatic heterocycles. The molecule has 0 bridgehead atoms. The van der Waals surface area contributed by atoms with Gasteiger partial charge in [-0.3, -0.25) is 9.88 Å². The first-order valence-corrected chi connectivity index (χ1v) is 8.09. The lowest BCUT2D eigenvalue weighted by Crippen LogP contribution is -2.56. The summed E-state index contributed by atoms with van der Waals surface area (Å²) in [4.78, 5) is 8.30. The third-order valence-electron chi connectivity index (χ3n) is 4.22. The van der Waals surface area contributed by atoms with Crippen molar-refractivity contribution in [1.29, 1.82) is 0 Å². The van der Waals surface area contributed by atoms with E-state index >= 15 is 0 Å². The second-order valence-electron chi connectivity index (χ2n) is 5.69. The minimum atomic E-state index is 0.715. The summed E-state index contributed by atoms with van der Waals surface area (Å²) in [6.07, 6.45) is 7.49. The molecular formula is C14H23N3S. The number of aromatic nitrogens is 1. The molecule has 0 amide bonds. The molecule has 0 aromatic carbocycles. The maximum absolute atomic E-state index is 4.20. The molecule has 3 nitrogen and oxygen atoms in total. The van der Waals surface area contributed by atoms with Crippen molar-refractivity contribution < 1.29 is 0 Å². The van der Waals surface area contributed by atoms with Crippen LogP contribution in [-0.2, 0) is 6.54 Å². The van der Waals surface area contributed by atoms with Gasteiger partial charge in [0.15, 0.2) is 0 Å². The summed E-state index contributed by atoms with van der Waals surface area (Å²) in [7, 11) is 0. The lowest BCUT2D eigenvalue weighted by molar-refractivity contribution is 0.109. The summed E-state index contributed by atoms with van der Waals surface area (Å²) in [5, 5.41) is 3.77. The maximum atomic E-state index is 4.20. The average Bonchev–Trinajstić information content (AvgIpc) is 3.11. The lowest BCUT2D eigenvalue weighted by Gasteiger charge is -2.40. The maximum Gasteiger partial charge on any atom is 0.0794 e. The molecule has 100 valence electrons. The van der Waals surface area contributed by atoms with Gasteiger partial charge in [0, 0.05) is 42.8 Å². The van der Waals surface area contributed by atoms with Crippen LogP contribution >= 0.6 is 11.3 Å². The standard InChI is InChI=1S/C14H23N3S/c1-2-3-12-6-16-14(11-4-5-11)9-17(12)8-13-7-15-10-18-13/h7,10-12,14,16H,2-6,8-9H2,1H3. The molecule has 1 saturated heterocycles. The van der Waals surface area contributed by atoms with E-state index in [1.165, 1.54) is 43.6 Å². The molecule has 1 saturated carbocycles. The van der Waals surface area contributed by atoms with Gasteiger partial charge in [0.1, 0.15) is 0 Å². The van der Waals surface area contributed by atoms with Crippen LogP contribution in [0.2, 0.25) is 0 Å². The van der Waals surface area contributed by atoms with Crippen LogP contribution in [0.1, 0.15) is 37.5 Å². The Morgan fingerprint density at radius 3 is 3.06 bits per heavy atom. The summed E-state index contributed by atoms with van der Waals surface area (Å²) in [5.74, 6) is 0.955. The van der Waals surface area contributed by atoms with Gasteiger partial charge in [-0.1, -0.05) is 13.3 Å². The fraction of sp³-hybridized carbons (Fsp3) is 0.786. The Hall–Kier alpha value is -0.450. The van der Waals surface area contributed by atoms with Crippen molar-refractivity contribution in [2.24, 2.45) is 5.92 Å². The second-order valence-corrected chi connectivity index (χ2v) is 6.66. The monoisotopic (exact) mass is 265 g/mol. The molecule has 2 aliphatic rings. The normalized spacial score (nSPS) is 29.6. The van der Waals surface area contributed by atoms with E-state index in [0.29, 0.717) is 6.04 Å². The molecule has 18 heavy (non-hydrogen) atoms. The molecule has 0 spiro atoms. The van der Waals surface area contributed by atoms with E-state index in [1.54, 1.807) is 11.3 Å². The van der Waals surface area contributed by atoms with E-state index in [-0.39, 0.29) is 0 Å². The molecule has 1 aliphatic heterocycles. The lowest BCUT2D eigenvalue weighted by atomic mass is 10.0. The summed E-state index contributed by atoms with van der Waals surface area (Å²) in [6, 6.07) is 1.46. The topological polar surface area (TPSA) is 28.2 Å². The number of hydrogen-bond acceptors (Lipinski definition) is 4. The van der Waals surface area contributed by atoms with Crippen molar-refractivity contribution in [2.75, 3.05) is 13.1 Å². The number of rotatable bonds is 5.